The monoisotopic (exact) mass is 511 g/mol. The Morgan fingerprint density at radius 1 is 1.26 bits per heavy atom. The number of hydrogen-bond donors (Lipinski definition) is 2. The van der Waals surface area contributed by atoms with Crippen molar-refractivity contribution in [3.8, 4) is 5.75 Å². The number of hydrogen-bond acceptors (Lipinski definition) is 8. The first-order valence-corrected chi connectivity index (χ1v) is 13.6. The minimum atomic E-state index is -3.19. The highest BCUT2D eigenvalue weighted by atomic mass is 32.5. The molecule has 12 heteroatoms. The van der Waals surface area contributed by atoms with Crippen LogP contribution in [0.2, 0.25) is 0 Å². The molecule has 2 heterocycles. The average Bonchev–Trinajstić information content (AvgIpc) is 3.13. The van der Waals surface area contributed by atoms with Crippen LogP contribution >= 0.6 is 6.64 Å². The van der Waals surface area contributed by atoms with Crippen molar-refractivity contribution in [1.82, 2.24) is 14.6 Å². The summed E-state index contributed by atoms with van der Waals surface area (Å²) in [5, 5.41) is 3.00. The van der Waals surface area contributed by atoms with E-state index in [-0.39, 0.29) is 24.7 Å². The highest BCUT2D eigenvalue weighted by Gasteiger charge is 2.36. The number of aromatic nitrogens is 2. The standard InChI is InChI=1S/C22H30N3O7PS/c1-14(2)30-21(27)16(4)24-33(34,32-17-8-6-5-7-9-17)29-13-18-12-15(3)20(31-18)25-11-10-19(26)23-22(25)28/h5-11,14-16,18,20H,12-13H2,1-4H3,(H,24,34)(H,23,26,28)/t15-,16-,18-,20+,33?/m0/s1. The van der Waals surface area contributed by atoms with Crippen molar-refractivity contribution >= 4 is 24.4 Å². The van der Waals surface area contributed by atoms with Gasteiger partial charge >= 0.3 is 18.3 Å². The van der Waals surface area contributed by atoms with E-state index in [0.29, 0.717) is 12.2 Å². The van der Waals surface area contributed by atoms with E-state index in [4.69, 9.17) is 30.3 Å². The van der Waals surface area contributed by atoms with Crippen LogP contribution in [-0.2, 0) is 30.6 Å². The lowest BCUT2D eigenvalue weighted by molar-refractivity contribution is -0.149. The summed E-state index contributed by atoms with van der Waals surface area (Å²) in [4.78, 5) is 38.1. The van der Waals surface area contributed by atoms with Gasteiger partial charge in [0.25, 0.3) is 5.56 Å². The van der Waals surface area contributed by atoms with Crippen LogP contribution in [-0.4, -0.2) is 40.4 Å². The Morgan fingerprint density at radius 3 is 2.62 bits per heavy atom. The van der Waals surface area contributed by atoms with Crippen molar-refractivity contribution in [2.45, 2.75) is 58.6 Å². The highest BCUT2D eigenvalue weighted by molar-refractivity contribution is 8.09. The largest absolute Gasteiger partial charge is 0.462 e. The lowest BCUT2D eigenvalue weighted by Crippen LogP contribution is -2.36. The summed E-state index contributed by atoms with van der Waals surface area (Å²) in [5.41, 5.74) is -1.01. The van der Waals surface area contributed by atoms with Crippen LogP contribution in [0, 0.1) is 5.92 Å². The second-order valence-corrected chi connectivity index (χ2v) is 11.5. The van der Waals surface area contributed by atoms with Crippen molar-refractivity contribution in [2.24, 2.45) is 5.92 Å². The van der Waals surface area contributed by atoms with Gasteiger partial charge in [0.15, 0.2) is 0 Å². The maximum Gasteiger partial charge on any atom is 0.330 e. The molecule has 0 amide bonds. The molecule has 0 aliphatic carbocycles. The predicted octanol–water partition coefficient (Wildman–Crippen LogP) is 2.71. The summed E-state index contributed by atoms with van der Waals surface area (Å²) in [5.74, 6) is 0.0203. The van der Waals surface area contributed by atoms with Crippen LogP contribution in [0.1, 0.15) is 40.3 Å². The minimum Gasteiger partial charge on any atom is -0.462 e. The third-order valence-electron chi connectivity index (χ3n) is 5.04. The van der Waals surface area contributed by atoms with Gasteiger partial charge in [-0.2, -0.15) is 0 Å². The van der Waals surface area contributed by atoms with Crippen molar-refractivity contribution in [3.05, 3.63) is 63.4 Å². The van der Waals surface area contributed by atoms with E-state index in [9.17, 15) is 14.4 Å². The van der Waals surface area contributed by atoms with Gasteiger partial charge in [-0.3, -0.25) is 19.1 Å². The third kappa shape index (κ3) is 7.10. The zero-order valence-electron chi connectivity index (χ0n) is 19.5. The molecule has 34 heavy (non-hydrogen) atoms. The Hall–Kier alpha value is -2.30. The van der Waals surface area contributed by atoms with Crippen LogP contribution in [0.25, 0.3) is 0 Å². The number of para-hydroxylation sites is 1. The Labute approximate surface area is 202 Å². The molecule has 0 radical (unpaired) electrons. The van der Waals surface area contributed by atoms with Gasteiger partial charge in [-0.25, -0.2) is 9.88 Å². The third-order valence-corrected chi connectivity index (χ3v) is 7.53. The van der Waals surface area contributed by atoms with Gasteiger partial charge in [0.2, 0.25) is 0 Å². The number of esters is 1. The summed E-state index contributed by atoms with van der Waals surface area (Å²) in [6.07, 6.45) is 0.811. The van der Waals surface area contributed by atoms with Crippen LogP contribution in [0.3, 0.4) is 0 Å². The molecule has 1 aliphatic rings. The summed E-state index contributed by atoms with van der Waals surface area (Å²) in [6.45, 7) is 4.01. The fourth-order valence-electron chi connectivity index (χ4n) is 3.51. The summed E-state index contributed by atoms with van der Waals surface area (Å²) < 4.78 is 24.7. The second kappa shape index (κ2) is 11.4. The van der Waals surface area contributed by atoms with Gasteiger partial charge in [0.05, 0.1) is 18.8 Å². The fraction of sp³-hybridized carbons (Fsp3) is 0.500. The van der Waals surface area contributed by atoms with E-state index in [1.807, 2.05) is 13.0 Å². The molecule has 186 valence electrons. The number of rotatable bonds is 10. The Balaban J connectivity index is 1.71. The predicted molar refractivity (Wildman–Crippen MR) is 130 cm³/mol. The molecular formula is C22H30N3O7PS. The molecule has 1 aromatic carbocycles. The van der Waals surface area contributed by atoms with Crippen LogP contribution in [0.4, 0.5) is 0 Å². The van der Waals surface area contributed by atoms with Gasteiger partial charge in [0, 0.05) is 18.2 Å². The topological polar surface area (TPSA) is 121 Å². The van der Waals surface area contributed by atoms with Gasteiger partial charge in [0.1, 0.15) is 18.0 Å². The zero-order valence-corrected chi connectivity index (χ0v) is 21.2. The first kappa shape index (κ1) is 26.3. The molecule has 2 aromatic rings. The molecule has 3 rings (SSSR count). The molecule has 1 unspecified atom stereocenters. The van der Waals surface area contributed by atoms with E-state index >= 15 is 0 Å². The molecule has 1 aliphatic heterocycles. The number of nitrogens with zero attached hydrogens (tertiary/aromatic N) is 1. The minimum absolute atomic E-state index is 0.0157. The molecule has 2 N–H and O–H groups in total. The number of aromatic amines is 1. The van der Waals surface area contributed by atoms with Gasteiger partial charge in [-0.15, -0.1) is 0 Å². The van der Waals surface area contributed by atoms with Gasteiger partial charge < -0.3 is 18.5 Å². The SMILES string of the molecule is CC(C)OC(=O)[C@H](C)NP(=S)(OC[C@@H]1C[C@H](C)[C@H](n2ccc(=O)[nH]c2=O)O1)Oc1ccccc1. The number of H-pyrrole nitrogens is 1. The molecule has 1 aromatic heterocycles. The molecule has 0 saturated carbocycles. The molecule has 0 bridgehead atoms. The van der Waals surface area contributed by atoms with E-state index in [1.54, 1.807) is 45.0 Å². The molecule has 0 spiro atoms. The maximum atomic E-state index is 12.3. The Morgan fingerprint density at radius 2 is 1.97 bits per heavy atom. The smallest absolute Gasteiger partial charge is 0.330 e. The normalized spacial score (nSPS) is 22.8. The molecule has 10 nitrogen and oxygen atoms in total. The highest BCUT2D eigenvalue weighted by Crippen LogP contribution is 2.46. The number of carbonyl (C=O) groups is 1. The Bertz CT molecular complexity index is 1140. The molecule has 5 atom stereocenters. The summed E-state index contributed by atoms with van der Waals surface area (Å²) in [6, 6.07) is 9.47. The number of carbonyl (C=O) groups excluding carboxylic acids is 1. The lowest BCUT2D eigenvalue weighted by atomic mass is 10.1. The van der Waals surface area contributed by atoms with Gasteiger partial charge in [-0.1, -0.05) is 25.1 Å². The van der Waals surface area contributed by atoms with Gasteiger partial charge in [-0.05, 0) is 51.1 Å². The van der Waals surface area contributed by atoms with Crippen LogP contribution in [0.15, 0.2) is 52.2 Å². The molecule has 1 saturated heterocycles. The maximum absolute atomic E-state index is 12.3. The van der Waals surface area contributed by atoms with Crippen LogP contribution in [0.5, 0.6) is 5.75 Å². The van der Waals surface area contributed by atoms with E-state index < -0.39 is 36.1 Å². The quantitative estimate of drug-likeness (QED) is 0.366. The van der Waals surface area contributed by atoms with Crippen molar-refractivity contribution in [2.75, 3.05) is 6.61 Å². The average molecular weight is 512 g/mol. The van der Waals surface area contributed by atoms with E-state index in [2.05, 4.69) is 10.1 Å². The van der Waals surface area contributed by atoms with Crippen molar-refractivity contribution < 1.29 is 23.3 Å². The van der Waals surface area contributed by atoms with Crippen molar-refractivity contribution in [1.29, 1.82) is 0 Å². The van der Waals surface area contributed by atoms with E-state index in [1.165, 1.54) is 16.8 Å². The molecular weight excluding hydrogens is 481 g/mol. The molecule has 1 fully saturated rings. The first-order chi connectivity index (χ1) is 16.1. The zero-order chi connectivity index (χ0) is 24.9. The first-order valence-electron chi connectivity index (χ1n) is 11.0. The van der Waals surface area contributed by atoms with Crippen LogP contribution < -0.4 is 20.9 Å². The second-order valence-electron chi connectivity index (χ2n) is 8.41. The van der Waals surface area contributed by atoms with Crippen molar-refractivity contribution in [3.63, 3.8) is 0 Å². The summed E-state index contributed by atoms with van der Waals surface area (Å²) >= 11 is 5.71. The lowest BCUT2D eigenvalue weighted by Gasteiger charge is -2.27. The summed E-state index contributed by atoms with van der Waals surface area (Å²) in [7, 11) is 0. The number of benzene rings is 1. The number of ether oxygens (including phenoxy) is 2. The Kier molecular flexibility index (Phi) is 8.83. The fourth-order valence-corrected chi connectivity index (χ4v) is 5.94. The van der Waals surface area contributed by atoms with E-state index in [0.717, 1.165) is 0 Å². The number of nitrogens with one attached hydrogen (secondary N) is 2.